The van der Waals surface area contributed by atoms with Gasteiger partial charge in [-0.25, -0.2) is 0 Å². The lowest BCUT2D eigenvalue weighted by Crippen LogP contribution is -2.19. The van der Waals surface area contributed by atoms with E-state index in [-0.39, 0.29) is 17.9 Å². The van der Waals surface area contributed by atoms with E-state index in [4.69, 9.17) is 10.2 Å². The molecule has 0 saturated heterocycles. The molecule has 292 valence electrons. The van der Waals surface area contributed by atoms with Crippen molar-refractivity contribution in [2.45, 2.75) is 51.6 Å². The van der Waals surface area contributed by atoms with Gasteiger partial charge in [0.15, 0.2) is 5.78 Å². The highest BCUT2D eigenvalue weighted by molar-refractivity contribution is 6.10. The average molecular weight is 779 g/mol. The number of carbonyl (C=O) groups excluding carboxylic acids is 1. The van der Waals surface area contributed by atoms with E-state index >= 15 is 0 Å². The lowest BCUT2D eigenvalue weighted by atomic mass is 9.93. The van der Waals surface area contributed by atoms with Crippen molar-refractivity contribution in [2.24, 2.45) is 10.2 Å². The molecule has 0 aliphatic carbocycles. The van der Waals surface area contributed by atoms with Crippen molar-refractivity contribution in [2.75, 3.05) is 10.0 Å². The van der Waals surface area contributed by atoms with Crippen molar-refractivity contribution in [3.05, 3.63) is 226 Å². The van der Waals surface area contributed by atoms with Gasteiger partial charge >= 0.3 is 0 Å². The fraction of sp³-hybridized carbons (Fsp3) is 0.145. The SMILES string of the molecule is CCc1ccc(C2=NN(c3ccc(C(=O)c4ccc(N5N=C(c6ccc(CC)cc6)CC5c5cccc6ccccc56)cc4)cc3)C(c3cccc4ccccc34)C2)cc1. The Morgan fingerprint density at radius 1 is 0.467 bits per heavy atom. The Morgan fingerprint density at radius 3 is 1.25 bits per heavy atom. The summed E-state index contributed by atoms with van der Waals surface area (Å²) in [5.74, 6) is -0.0208. The Morgan fingerprint density at radius 2 is 0.850 bits per heavy atom. The summed E-state index contributed by atoms with van der Waals surface area (Å²) in [6.07, 6.45) is 3.56. The number of aryl methyl sites for hydroxylation is 2. The number of rotatable bonds is 10. The molecule has 60 heavy (non-hydrogen) atoms. The molecule has 8 aromatic carbocycles. The third-order valence-corrected chi connectivity index (χ3v) is 12.4. The maximum absolute atomic E-state index is 14.1. The molecule has 10 rings (SSSR count). The summed E-state index contributed by atoms with van der Waals surface area (Å²) < 4.78 is 0. The lowest BCUT2D eigenvalue weighted by Gasteiger charge is -2.25. The average Bonchev–Trinajstić information content (AvgIpc) is 3.97. The highest BCUT2D eigenvalue weighted by Crippen LogP contribution is 2.41. The van der Waals surface area contributed by atoms with Gasteiger partial charge in [0, 0.05) is 24.0 Å². The molecule has 2 unspecified atom stereocenters. The van der Waals surface area contributed by atoms with E-state index in [1.165, 1.54) is 43.8 Å². The minimum absolute atomic E-state index is 0.00761. The third kappa shape index (κ3) is 6.96. The molecule has 0 N–H and O–H groups in total. The van der Waals surface area contributed by atoms with Crippen LogP contribution in [0.15, 0.2) is 192 Å². The van der Waals surface area contributed by atoms with Crippen molar-refractivity contribution in [1.29, 1.82) is 0 Å². The number of fused-ring (bicyclic) bond motifs is 2. The standard InChI is InChI=1S/C55H46N4O/c1-3-37-19-23-41(24-20-37)51-35-53(49-17-9-13-39-11-5-7-15-47(39)49)58(56-51)45-31-27-43(28-32-45)55(60)44-29-33-46(34-30-44)59-54(50-18-10-14-40-12-6-8-16-48(40)50)36-52(57-59)42-25-21-38(4-2)22-26-42/h5-34,53-54H,3-4,35-36H2,1-2H3. The van der Waals surface area contributed by atoms with Crippen molar-refractivity contribution < 1.29 is 4.79 Å². The number of benzene rings is 8. The zero-order chi connectivity index (χ0) is 40.6. The van der Waals surface area contributed by atoms with Crippen LogP contribution in [-0.2, 0) is 12.8 Å². The maximum Gasteiger partial charge on any atom is 0.193 e. The largest absolute Gasteiger partial charge is 0.289 e. The third-order valence-electron chi connectivity index (χ3n) is 12.4. The molecule has 0 amide bonds. The van der Waals surface area contributed by atoms with Crippen molar-refractivity contribution in [3.8, 4) is 0 Å². The van der Waals surface area contributed by atoms with Gasteiger partial charge in [-0.2, -0.15) is 10.2 Å². The summed E-state index contributed by atoms with van der Waals surface area (Å²) in [7, 11) is 0. The van der Waals surface area contributed by atoms with E-state index in [2.05, 4.69) is 157 Å². The first-order valence-electron chi connectivity index (χ1n) is 21.2. The van der Waals surface area contributed by atoms with Crippen molar-refractivity contribution in [1.82, 2.24) is 0 Å². The molecule has 5 nitrogen and oxygen atoms in total. The summed E-state index contributed by atoms with van der Waals surface area (Å²) >= 11 is 0. The molecular formula is C55H46N4O. The number of hydrazone groups is 2. The monoisotopic (exact) mass is 778 g/mol. The van der Waals surface area contributed by atoms with Crippen LogP contribution >= 0.6 is 0 Å². The van der Waals surface area contributed by atoms with Gasteiger partial charge in [0.25, 0.3) is 0 Å². The smallest absolute Gasteiger partial charge is 0.193 e. The summed E-state index contributed by atoms with van der Waals surface area (Å²) in [5, 5.41) is 19.7. The minimum atomic E-state index is -0.0208. The Balaban J connectivity index is 0.942. The summed E-state index contributed by atoms with van der Waals surface area (Å²) in [5.41, 5.74) is 12.7. The minimum Gasteiger partial charge on any atom is -0.289 e. The van der Waals surface area contributed by atoms with Gasteiger partial charge in [0.1, 0.15) is 0 Å². The predicted molar refractivity (Wildman–Crippen MR) is 249 cm³/mol. The maximum atomic E-state index is 14.1. The second-order valence-electron chi connectivity index (χ2n) is 15.9. The molecule has 2 aliphatic heterocycles. The topological polar surface area (TPSA) is 48.3 Å². The second kappa shape index (κ2) is 15.9. The fourth-order valence-corrected chi connectivity index (χ4v) is 8.98. The Kier molecular flexibility index (Phi) is 9.86. The van der Waals surface area contributed by atoms with E-state index in [9.17, 15) is 4.79 Å². The van der Waals surface area contributed by atoms with E-state index in [1.807, 2.05) is 48.5 Å². The van der Waals surface area contributed by atoms with Crippen LogP contribution in [0.1, 0.15) is 88.1 Å². The number of anilines is 2. The Bertz CT molecular complexity index is 2700. The van der Waals surface area contributed by atoms with Gasteiger partial charge < -0.3 is 0 Å². The molecule has 5 heteroatoms. The number of hydrogen-bond acceptors (Lipinski definition) is 5. The molecule has 2 atom stereocenters. The van der Waals surface area contributed by atoms with Crippen LogP contribution in [0.5, 0.6) is 0 Å². The highest BCUT2D eigenvalue weighted by Gasteiger charge is 2.33. The summed E-state index contributed by atoms with van der Waals surface area (Å²) in [6, 6.07) is 63.7. The van der Waals surface area contributed by atoms with Crippen LogP contribution in [0.2, 0.25) is 0 Å². The number of nitrogens with zero attached hydrogens (tertiary/aromatic N) is 4. The molecular weight excluding hydrogens is 733 g/mol. The highest BCUT2D eigenvalue weighted by atomic mass is 16.1. The van der Waals surface area contributed by atoms with Crippen LogP contribution < -0.4 is 10.0 Å². The zero-order valence-corrected chi connectivity index (χ0v) is 34.0. The molecule has 8 aromatic rings. The van der Waals surface area contributed by atoms with Crippen LogP contribution in [0.25, 0.3) is 21.5 Å². The molecule has 0 spiro atoms. The van der Waals surface area contributed by atoms with E-state index in [0.29, 0.717) is 11.1 Å². The Labute approximate surface area is 351 Å². The number of ketones is 1. The van der Waals surface area contributed by atoms with Crippen LogP contribution in [0, 0.1) is 0 Å². The van der Waals surface area contributed by atoms with Gasteiger partial charge in [0.05, 0.1) is 34.9 Å². The molecule has 0 saturated carbocycles. The molecule has 0 aromatic heterocycles. The Hall–Kier alpha value is -7.11. The van der Waals surface area contributed by atoms with E-state index in [1.54, 1.807) is 0 Å². The van der Waals surface area contributed by atoms with Crippen LogP contribution in [-0.4, -0.2) is 17.2 Å². The number of carbonyl (C=O) groups is 1. The van der Waals surface area contributed by atoms with Crippen LogP contribution in [0.3, 0.4) is 0 Å². The molecule has 0 fully saturated rings. The second-order valence-corrected chi connectivity index (χ2v) is 15.9. The summed E-state index contributed by atoms with van der Waals surface area (Å²) in [6.45, 7) is 4.36. The zero-order valence-electron chi connectivity index (χ0n) is 34.0. The lowest BCUT2D eigenvalue weighted by molar-refractivity contribution is 0.103. The van der Waals surface area contributed by atoms with Crippen molar-refractivity contribution >= 4 is 50.1 Å². The first kappa shape index (κ1) is 37.2. The quantitative estimate of drug-likeness (QED) is 0.130. The van der Waals surface area contributed by atoms with E-state index < -0.39 is 0 Å². The number of hydrogen-bond donors (Lipinski definition) is 0. The van der Waals surface area contributed by atoms with Crippen LogP contribution in [0.4, 0.5) is 11.4 Å². The van der Waals surface area contributed by atoms with Crippen molar-refractivity contribution in [3.63, 3.8) is 0 Å². The molecule has 0 radical (unpaired) electrons. The summed E-state index contributed by atoms with van der Waals surface area (Å²) in [4.78, 5) is 14.1. The van der Waals surface area contributed by atoms with E-state index in [0.717, 1.165) is 59.6 Å². The van der Waals surface area contributed by atoms with Gasteiger partial charge in [-0.3, -0.25) is 14.8 Å². The van der Waals surface area contributed by atoms with Gasteiger partial charge in [-0.05, 0) is 116 Å². The first-order valence-corrected chi connectivity index (χ1v) is 21.2. The molecule has 0 bridgehead atoms. The van der Waals surface area contributed by atoms with Gasteiger partial charge in [0.2, 0.25) is 0 Å². The normalized spacial score (nSPS) is 16.4. The first-order chi connectivity index (χ1) is 29.5. The van der Waals surface area contributed by atoms with Gasteiger partial charge in [-0.15, -0.1) is 0 Å². The molecule has 2 aliphatic rings. The van der Waals surface area contributed by atoms with Gasteiger partial charge in [-0.1, -0.05) is 147 Å². The fourth-order valence-electron chi connectivity index (χ4n) is 8.98. The predicted octanol–water partition coefficient (Wildman–Crippen LogP) is 13.1. The molecule has 2 heterocycles.